The van der Waals surface area contributed by atoms with Crippen molar-refractivity contribution in [3.63, 3.8) is 0 Å². The summed E-state index contributed by atoms with van der Waals surface area (Å²) in [6.45, 7) is 7.57. The van der Waals surface area contributed by atoms with Crippen LogP contribution < -0.4 is 15.4 Å². The number of hydrogen-bond acceptors (Lipinski definition) is 4. The van der Waals surface area contributed by atoms with Crippen LogP contribution in [0, 0.1) is 5.92 Å². The number of carbonyl (C=O) groups is 1. The van der Waals surface area contributed by atoms with Crippen LogP contribution in [0.5, 0.6) is 0 Å². The molecular weight excluding hydrogens is 462 g/mol. The third-order valence-corrected chi connectivity index (χ3v) is 7.61. The second-order valence-corrected chi connectivity index (χ2v) is 10.0. The lowest BCUT2D eigenvalue weighted by atomic mass is 9.95. The predicted molar refractivity (Wildman–Crippen MR) is 151 cm³/mol. The summed E-state index contributed by atoms with van der Waals surface area (Å²) in [5.41, 5.74) is 4.67. The van der Waals surface area contributed by atoms with Crippen molar-refractivity contribution in [2.45, 2.75) is 52.5 Å². The zero-order valence-electron chi connectivity index (χ0n) is 22.0. The zero-order valence-corrected chi connectivity index (χ0v) is 22.0. The molecule has 2 aliphatic heterocycles. The number of allylic oxidation sites excluding steroid dienone is 1. The molecule has 0 bridgehead atoms. The molecule has 0 aliphatic carbocycles. The molecule has 2 aromatic carbocycles. The average Bonchev–Trinajstić information content (AvgIpc) is 3.10. The molecule has 0 saturated carbocycles. The number of rotatable bonds is 7. The molecule has 3 aromatic rings. The van der Waals surface area contributed by atoms with E-state index >= 15 is 0 Å². The van der Waals surface area contributed by atoms with Crippen molar-refractivity contribution in [2.24, 2.45) is 5.92 Å². The van der Waals surface area contributed by atoms with Crippen LogP contribution in [0.4, 0.5) is 11.4 Å². The summed E-state index contributed by atoms with van der Waals surface area (Å²) < 4.78 is 7.38. The van der Waals surface area contributed by atoms with Crippen LogP contribution in [-0.4, -0.2) is 36.8 Å². The lowest BCUT2D eigenvalue weighted by Crippen LogP contribution is -2.37. The van der Waals surface area contributed by atoms with Gasteiger partial charge in [-0.3, -0.25) is 14.5 Å². The first-order chi connectivity index (χ1) is 18.1. The van der Waals surface area contributed by atoms with E-state index in [0.29, 0.717) is 32.1 Å². The number of benzene rings is 2. The third-order valence-electron chi connectivity index (χ3n) is 7.61. The highest BCUT2D eigenvalue weighted by molar-refractivity contribution is 6.08. The van der Waals surface area contributed by atoms with Gasteiger partial charge in [-0.2, -0.15) is 0 Å². The summed E-state index contributed by atoms with van der Waals surface area (Å²) in [6.07, 6.45) is 7.10. The Bertz CT molecular complexity index is 1340. The van der Waals surface area contributed by atoms with E-state index < -0.39 is 0 Å². The Morgan fingerprint density at radius 3 is 2.49 bits per heavy atom. The molecule has 1 aromatic heterocycles. The van der Waals surface area contributed by atoms with Gasteiger partial charge >= 0.3 is 0 Å². The van der Waals surface area contributed by atoms with Crippen molar-refractivity contribution in [3.05, 3.63) is 76.6 Å². The van der Waals surface area contributed by atoms with Crippen LogP contribution in [0.15, 0.2) is 65.5 Å². The van der Waals surface area contributed by atoms with E-state index in [4.69, 9.17) is 4.74 Å². The van der Waals surface area contributed by atoms with E-state index in [1.807, 2.05) is 46.7 Å². The minimum Gasteiger partial charge on any atom is -0.378 e. The Morgan fingerprint density at radius 1 is 0.973 bits per heavy atom. The molecule has 1 amide bonds. The van der Waals surface area contributed by atoms with Gasteiger partial charge in [-0.1, -0.05) is 56.2 Å². The van der Waals surface area contributed by atoms with Crippen molar-refractivity contribution in [2.75, 3.05) is 36.1 Å². The minimum atomic E-state index is -0.00118. The van der Waals surface area contributed by atoms with Crippen molar-refractivity contribution >= 4 is 33.9 Å². The maximum atomic E-state index is 13.7. The number of unbranched alkanes of at least 4 members (excludes halogenated alkanes) is 1. The van der Waals surface area contributed by atoms with E-state index in [-0.39, 0.29) is 11.5 Å². The summed E-state index contributed by atoms with van der Waals surface area (Å²) in [5.74, 6) is 0.490. The number of morpholine rings is 1. The largest absolute Gasteiger partial charge is 0.378 e. The molecule has 1 fully saturated rings. The Labute approximate surface area is 219 Å². The Hall–Kier alpha value is -3.38. The molecule has 2 aliphatic rings. The fourth-order valence-corrected chi connectivity index (χ4v) is 5.63. The van der Waals surface area contributed by atoms with Gasteiger partial charge in [-0.15, -0.1) is 0 Å². The number of carbonyl (C=O) groups excluding carboxylic acids is 1. The molecule has 1 atom stereocenters. The summed E-state index contributed by atoms with van der Waals surface area (Å²) in [5, 5.41) is 0.993. The van der Waals surface area contributed by atoms with Gasteiger partial charge in [0.05, 0.1) is 30.1 Å². The lowest BCUT2D eigenvalue weighted by Gasteiger charge is -2.31. The number of amides is 1. The molecule has 5 rings (SSSR count). The van der Waals surface area contributed by atoms with Gasteiger partial charge < -0.3 is 14.2 Å². The molecule has 1 saturated heterocycles. The van der Waals surface area contributed by atoms with E-state index in [0.717, 1.165) is 72.3 Å². The van der Waals surface area contributed by atoms with Gasteiger partial charge in [-0.25, -0.2) is 0 Å². The lowest BCUT2D eigenvalue weighted by molar-refractivity contribution is -0.117. The topological polar surface area (TPSA) is 54.8 Å². The summed E-state index contributed by atoms with van der Waals surface area (Å²) in [6, 6.07) is 18.1. The van der Waals surface area contributed by atoms with Crippen LogP contribution in [-0.2, 0) is 16.1 Å². The second kappa shape index (κ2) is 11.3. The van der Waals surface area contributed by atoms with Gasteiger partial charge in [-0.05, 0) is 49.4 Å². The molecular formula is C31H37N3O3. The number of anilines is 2. The maximum Gasteiger partial charge on any atom is 0.253 e. The summed E-state index contributed by atoms with van der Waals surface area (Å²) >= 11 is 0. The first-order valence-electron chi connectivity index (χ1n) is 13.7. The Balaban J connectivity index is 1.67. The first-order valence-corrected chi connectivity index (χ1v) is 13.7. The Morgan fingerprint density at radius 2 is 1.76 bits per heavy atom. The van der Waals surface area contributed by atoms with Crippen LogP contribution in [0.3, 0.4) is 0 Å². The molecule has 194 valence electrons. The van der Waals surface area contributed by atoms with Crippen LogP contribution in [0.1, 0.15) is 51.5 Å². The molecule has 0 spiro atoms. The normalized spacial score (nSPS) is 18.7. The van der Waals surface area contributed by atoms with Gasteiger partial charge in [0.15, 0.2) is 0 Å². The highest BCUT2D eigenvalue weighted by atomic mass is 16.5. The van der Waals surface area contributed by atoms with E-state index in [1.165, 1.54) is 0 Å². The molecule has 3 heterocycles. The number of ether oxygens (including phenoxy) is 1. The van der Waals surface area contributed by atoms with Crippen LogP contribution in [0.25, 0.3) is 16.6 Å². The third kappa shape index (κ3) is 5.21. The molecule has 0 N–H and O–H groups in total. The SMILES string of the molecule is CCCCC1C=C(c2ccccc2)N(c2ccc3c(c2)c(N2CCOCC2)cc(=O)n3CC)C(=O)CC1. The zero-order chi connectivity index (χ0) is 25.8. The van der Waals surface area contributed by atoms with Crippen LogP contribution in [0.2, 0.25) is 0 Å². The fourth-order valence-electron chi connectivity index (χ4n) is 5.63. The smallest absolute Gasteiger partial charge is 0.253 e. The van der Waals surface area contributed by atoms with Gasteiger partial charge in [0, 0.05) is 43.2 Å². The van der Waals surface area contributed by atoms with E-state index in [2.05, 4.69) is 36.1 Å². The van der Waals surface area contributed by atoms with Crippen molar-refractivity contribution in [1.82, 2.24) is 4.57 Å². The van der Waals surface area contributed by atoms with E-state index in [9.17, 15) is 9.59 Å². The maximum absolute atomic E-state index is 13.7. The van der Waals surface area contributed by atoms with E-state index in [1.54, 1.807) is 6.07 Å². The monoisotopic (exact) mass is 499 g/mol. The average molecular weight is 500 g/mol. The number of hydrogen-bond donors (Lipinski definition) is 0. The van der Waals surface area contributed by atoms with Gasteiger partial charge in [0.25, 0.3) is 5.56 Å². The summed E-state index contributed by atoms with van der Waals surface area (Å²) in [7, 11) is 0. The van der Waals surface area contributed by atoms with Crippen molar-refractivity contribution in [1.29, 1.82) is 0 Å². The number of nitrogens with zero attached hydrogens (tertiary/aromatic N) is 3. The second-order valence-electron chi connectivity index (χ2n) is 10.0. The number of fused-ring (bicyclic) bond motifs is 1. The van der Waals surface area contributed by atoms with Crippen molar-refractivity contribution in [3.8, 4) is 0 Å². The minimum absolute atomic E-state index is 0.00118. The quantitative estimate of drug-likeness (QED) is 0.410. The number of pyridine rings is 1. The predicted octanol–water partition coefficient (Wildman–Crippen LogP) is 5.83. The summed E-state index contributed by atoms with van der Waals surface area (Å²) in [4.78, 5) is 30.9. The molecule has 0 radical (unpaired) electrons. The first kappa shape index (κ1) is 25.3. The molecule has 37 heavy (non-hydrogen) atoms. The van der Waals surface area contributed by atoms with Gasteiger partial charge in [0.1, 0.15) is 0 Å². The van der Waals surface area contributed by atoms with Crippen LogP contribution >= 0.6 is 0 Å². The molecule has 6 heteroatoms. The highest BCUT2D eigenvalue weighted by Crippen LogP contribution is 2.37. The highest BCUT2D eigenvalue weighted by Gasteiger charge is 2.27. The standard InChI is InChI=1S/C31H37N3O3/c1-3-5-9-23-12-15-30(35)34(28(20-23)24-10-7-6-8-11-24)25-13-14-27-26(21-25)29(22-31(36)33(27)4-2)32-16-18-37-19-17-32/h6-8,10-11,13-14,20-23H,3-5,9,12,15-19H2,1-2H3. The number of aromatic nitrogens is 1. The fraction of sp³-hybridized carbons (Fsp3) is 0.419. The molecule has 1 unspecified atom stereocenters. The molecule has 6 nitrogen and oxygen atoms in total. The van der Waals surface area contributed by atoms with Crippen molar-refractivity contribution < 1.29 is 9.53 Å². The Kier molecular flexibility index (Phi) is 7.75. The van der Waals surface area contributed by atoms with Gasteiger partial charge in [0.2, 0.25) is 5.91 Å². The number of aryl methyl sites for hydroxylation is 1.